The molecule has 1 rings (SSSR count). The molecule has 0 spiro atoms. The first kappa shape index (κ1) is 8.96. The van der Waals surface area contributed by atoms with Crippen LogP contribution >= 0.6 is 0 Å². The van der Waals surface area contributed by atoms with Crippen molar-refractivity contribution in [2.75, 3.05) is 19.4 Å². The summed E-state index contributed by atoms with van der Waals surface area (Å²) in [6, 6.07) is 0.201. The van der Waals surface area contributed by atoms with Gasteiger partial charge in [0.25, 0.3) is 0 Å². The van der Waals surface area contributed by atoms with Crippen molar-refractivity contribution in [2.45, 2.75) is 18.9 Å². The van der Waals surface area contributed by atoms with Crippen LogP contribution < -0.4 is 0 Å². The van der Waals surface area contributed by atoms with Gasteiger partial charge in [0.05, 0.1) is 12.4 Å². The van der Waals surface area contributed by atoms with Gasteiger partial charge in [0.15, 0.2) is 0 Å². The summed E-state index contributed by atoms with van der Waals surface area (Å²) in [5, 5.41) is 8.45. The molecule has 5 heteroatoms. The van der Waals surface area contributed by atoms with Crippen LogP contribution in [0.2, 0.25) is 0 Å². The second-order valence-corrected chi connectivity index (χ2v) is 4.94. The lowest BCUT2D eigenvalue weighted by atomic mass is 10.7. The molecule has 1 fully saturated rings. The lowest BCUT2D eigenvalue weighted by molar-refractivity contribution is 0.316. The van der Waals surface area contributed by atoms with Crippen molar-refractivity contribution >= 4 is 10.0 Å². The minimum atomic E-state index is -3.16. The quantitative estimate of drug-likeness (QED) is 0.627. The fourth-order valence-corrected chi connectivity index (χ4v) is 2.11. The maximum absolute atomic E-state index is 11.2. The van der Waals surface area contributed by atoms with Crippen LogP contribution in [0.15, 0.2) is 0 Å². The zero-order valence-electron chi connectivity index (χ0n) is 6.52. The second-order valence-electron chi connectivity index (χ2n) is 2.79. The molecule has 0 aliphatic heterocycles. The zero-order valence-corrected chi connectivity index (χ0v) is 7.34. The molecule has 0 aromatic carbocycles. The molecule has 1 N–H and O–H groups in total. The predicted octanol–water partition coefficient (Wildman–Crippen LogP) is -0.597. The lowest BCUT2D eigenvalue weighted by Gasteiger charge is -2.14. The smallest absolute Gasteiger partial charge is 0.216 e. The van der Waals surface area contributed by atoms with Gasteiger partial charge in [0, 0.05) is 13.1 Å². The minimum absolute atomic E-state index is 0.153. The molecule has 0 atom stereocenters. The second kappa shape index (κ2) is 3.08. The summed E-state index contributed by atoms with van der Waals surface area (Å²) in [6.45, 7) is -0.292. The summed E-state index contributed by atoms with van der Waals surface area (Å²) in [7, 11) is -1.59. The molecule has 0 amide bonds. The highest BCUT2D eigenvalue weighted by atomic mass is 32.2. The van der Waals surface area contributed by atoms with Crippen molar-refractivity contribution in [1.29, 1.82) is 0 Å². The van der Waals surface area contributed by atoms with E-state index in [1.807, 2.05) is 0 Å². The Labute approximate surface area is 66.9 Å². The molecule has 0 aromatic heterocycles. The number of hydrogen-bond donors (Lipinski definition) is 1. The summed E-state index contributed by atoms with van der Waals surface area (Å²) >= 11 is 0. The number of aliphatic hydroxyl groups is 1. The average Bonchev–Trinajstić information content (AvgIpc) is 2.67. The van der Waals surface area contributed by atoms with Crippen LogP contribution in [-0.2, 0) is 10.0 Å². The Morgan fingerprint density at radius 2 is 2.09 bits per heavy atom. The van der Waals surface area contributed by atoms with Gasteiger partial charge in [-0.2, -0.15) is 0 Å². The molecule has 0 bridgehead atoms. The van der Waals surface area contributed by atoms with E-state index < -0.39 is 10.0 Å². The van der Waals surface area contributed by atoms with Crippen LogP contribution in [0.4, 0.5) is 0 Å². The summed E-state index contributed by atoms with van der Waals surface area (Å²) in [4.78, 5) is 0. The number of hydrogen-bond acceptors (Lipinski definition) is 3. The number of sulfonamides is 1. The molecule has 0 radical (unpaired) electrons. The van der Waals surface area contributed by atoms with E-state index in [1.165, 1.54) is 4.31 Å². The largest absolute Gasteiger partial charge is 0.395 e. The Morgan fingerprint density at radius 3 is 2.45 bits per heavy atom. The maximum Gasteiger partial charge on any atom is 0.216 e. The average molecular weight is 179 g/mol. The third-order valence-corrected chi connectivity index (χ3v) is 3.72. The molecule has 1 aliphatic carbocycles. The summed E-state index contributed by atoms with van der Waals surface area (Å²) in [6.07, 6.45) is 1.92. The molecule has 1 saturated carbocycles. The summed E-state index contributed by atoms with van der Waals surface area (Å²) in [5.41, 5.74) is 0. The Morgan fingerprint density at radius 1 is 1.55 bits per heavy atom. The van der Waals surface area contributed by atoms with E-state index in [9.17, 15) is 8.42 Å². The molecule has 66 valence electrons. The zero-order chi connectivity index (χ0) is 8.48. The van der Waals surface area contributed by atoms with Gasteiger partial charge >= 0.3 is 0 Å². The highest BCUT2D eigenvalue weighted by Crippen LogP contribution is 2.27. The van der Waals surface area contributed by atoms with Gasteiger partial charge in [-0.05, 0) is 12.8 Å². The van der Waals surface area contributed by atoms with Crippen LogP contribution in [0.5, 0.6) is 0 Å². The van der Waals surface area contributed by atoms with Gasteiger partial charge in [-0.25, -0.2) is 12.7 Å². The lowest BCUT2D eigenvalue weighted by Crippen LogP contribution is -2.32. The van der Waals surface area contributed by atoms with Gasteiger partial charge in [-0.1, -0.05) is 0 Å². The molecule has 11 heavy (non-hydrogen) atoms. The topological polar surface area (TPSA) is 57.6 Å². The fourth-order valence-electron chi connectivity index (χ4n) is 0.925. The van der Waals surface area contributed by atoms with Crippen molar-refractivity contribution in [2.24, 2.45) is 0 Å². The van der Waals surface area contributed by atoms with Gasteiger partial charge < -0.3 is 5.11 Å². The molecule has 0 saturated heterocycles. The fraction of sp³-hybridized carbons (Fsp3) is 1.00. The first-order valence-corrected chi connectivity index (χ1v) is 5.25. The van der Waals surface area contributed by atoms with Crippen molar-refractivity contribution in [3.8, 4) is 0 Å². The first-order valence-electron chi connectivity index (χ1n) is 3.64. The number of rotatable bonds is 4. The summed E-state index contributed by atoms with van der Waals surface area (Å²) in [5.74, 6) is -0.153. The normalized spacial score (nSPS) is 19.2. The predicted molar refractivity (Wildman–Crippen MR) is 41.7 cm³/mol. The molecule has 0 unspecified atom stereocenters. The van der Waals surface area contributed by atoms with E-state index in [2.05, 4.69) is 0 Å². The molecule has 0 aromatic rings. The van der Waals surface area contributed by atoms with E-state index in [0.29, 0.717) is 0 Å². The SMILES string of the molecule is CN(C1CC1)S(=O)(=O)CCO. The minimum Gasteiger partial charge on any atom is -0.395 e. The highest BCUT2D eigenvalue weighted by Gasteiger charge is 2.33. The number of nitrogens with zero attached hydrogens (tertiary/aromatic N) is 1. The van der Waals surface area contributed by atoms with Crippen molar-refractivity contribution in [3.63, 3.8) is 0 Å². The molecular weight excluding hydrogens is 166 g/mol. The van der Waals surface area contributed by atoms with Gasteiger partial charge in [-0.15, -0.1) is 0 Å². The first-order chi connectivity index (χ1) is 5.08. The van der Waals surface area contributed by atoms with Crippen molar-refractivity contribution < 1.29 is 13.5 Å². The Bertz CT molecular complexity index is 220. The van der Waals surface area contributed by atoms with Crippen molar-refractivity contribution in [1.82, 2.24) is 4.31 Å². The van der Waals surface area contributed by atoms with Crippen LogP contribution in [-0.4, -0.2) is 43.3 Å². The third kappa shape index (κ3) is 2.15. The molecule has 0 heterocycles. The van der Waals surface area contributed by atoms with E-state index in [0.717, 1.165) is 12.8 Å². The van der Waals surface area contributed by atoms with Crippen LogP contribution in [0.25, 0.3) is 0 Å². The van der Waals surface area contributed by atoms with Crippen LogP contribution in [0, 0.1) is 0 Å². The third-order valence-electron chi connectivity index (χ3n) is 1.85. The number of aliphatic hydroxyl groups excluding tert-OH is 1. The molecular formula is C6H13NO3S. The van der Waals surface area contributed by atoms with Crippen LogP contribution in [0.3, 0.4) is 0 Å². The van der Waals surface area contributed by atoms with Gasteiger partial charge in [0.2, 0.25) is 10.0 Å². The van der Waals surface area contributed by atoms with Crippen LogP contribution in [0.1, 0.15) is 12.8 Å². The molecule has 4 nitrogen and oxygen atoms in total. The van der Waals surface area contributed by atoms with E-state index in [4.69, 9.17) is 5.11 Å². The maximum atomic E-state index is 11.2. The van der Waals surface area contributed by atoms with E-state index in [1.54, 1.807) is 7.05 Å². The Balaban J connectivity index is 2.55. The van der Waals surface area contributed by atoms with E-state index in [-0.39, 0.29) is 18.4 Å². The molecule has 1 aliphatic rings. The Hall–Kier alpha value is -0.130. The van der Waals surface area contributed by atoms with Gasteiger partial charge in [0.1, 0.15) is 0 Å². The highest BCUT2D eigenvalue weighted by molar-refractivity contribution is 7.89. The standard InChI is InChI=1S/C6H13NO3S/c1-7(6-2-3-6)11(9,10)5-4-8/h6,8H,2-5H2,1H3. The van der Waals surface area contributed by atoms with Gasteiger partial charge in [-0.3, -0.25) is 0 Å². The Kier molecular flexibility index (Phi) is 2.51. The van der Waals surface area contributed by atoms with Crippen molar-refractivity contribution in [3.05, 3.63) is 0 Å². The van der Waals surface area contributed by atoms with E-state index >= 15 is 0 Å². The summed E-state index contributed by atoms with van der Waals surface area (Å²) < 4.78 is 23.7. The monoisotopic (exact) mass is 179 g/mol.